The molecule has 0 bridgehead atoms. The standard InChI is InChI=1S/C16H27N/c1-7-17-14(15(2,3)4)16(5,6)13-11-9-8-10-12-13/h8-12,14,17H,7H2,1-6H3. The molecule has 96 valence electrons. The average Bonchev–Trinajstić information content (AvgIpc) is 2.25. The minimum Gasteiger partial charge on any atom is -0.313 e. The van der Waals surface area contributed by atoms with Gasteiger partial charge in [0, 0.05) is 11.5 Å². The molecule has 0 aliphatic heterocycles. The molecule has 0 saturated heterocycles. The van der Waals surface area contributed by atoms with E-state index >= 15 is 0 Å². The van der Waals surface area contributed by atoms with Crippen molar-refractivity contribution in [3.63, 3.8) is 0 Å². The van der Waals surface area contributed by atoms with Crippen LogP contribution in [0.5, 0.6) is 0 Å². The summed E-state index contributed by atoms with van der Waals surface area (Å²) in [6, 6.07) is 11.3. The van der Waals surface area contributed by atoms with Gasteiger partial charge in [0.2, 0.25) is 0 Å². The molecule has 0 heterocycles. The van der Waals surface area contributed by atoms with Crippen LogP contribution in [0, 0.1) is 5.41 Å². The van der Waals surface area contributed by atoms with E-state index in [1.54, 1.807) is 0 Å². The second-order valence-electron chi connectivity index (χ2n) is 6.44. The number of benzene rings is 1. The summed E-state index contributed by atoms with van der Waals surface area (Å²) >= 11 is 0. The normalized spacial score (nSPS) is 14.7. The van der Waals surface area contributed by atoms with E-state index in [1.807, 2.05) is 0 Å². The number of hydrogen-bond donors (Lipinski definition) is 1. The van der Waals surface area contributed by atoms with Crippen molar-refractivity contribution in [1.82, 2.24) is 5.32 Å². The van der Waals surface area contributed by atoms with Gasteiger partial charge in [-0.15, -0.1) is 0 Å². The Bertz CT molecular complexity index is 332. The number of likely N-dealkylation sites (N-methyl/N-ethyl adjacent to an activating group) is 1. The summed E-state index contributed by atoms with van der Waals surface area (Å²) in [6.07, 6.45) is 0. The SMILES string of the molecule is CCNC(C(C)(C)C)C(C)(C)c1ccccc1. The van der Waals surface area contributed by atoms with Gasteiger partial charge in [-0.2, -0.15) is 0 Å². The Morgan fingerprint density at radius 3 is 1.94 bits per heavy atom. The number of nitrogens with one attached hydrogen (secondary N) is 1. The third-order valence-electron chi connectivity index (χ3n) is 3.51. The summed E-state index contributed by atoms with van der Waals surface area (Å²) in [5.74, 6) is 0. The first kappa shape index (κ1) is 14.2. The first-order valence-corrected chi connectivity index (χ1v) is 6.59. The van der Waals surface area contributed by atoms with Gasteiger partial charge in [0.1, 0.15) is 0 Å². The van der Waals surface area contributed by atoms with Gasteiger partial charge in [-0.05, 0) is 17.5 Å². The van der Waals surface area contributed by atoms with Crippen molar-refractivity contribution in [2.75, 3.05) is 6.54 Å². The van der Waals surface area contributed by atoms with Crippen LogP contribution in [-0.2, 0) is 5.41 Å². The first-order valence-electron chi connectivity index (χ1n) is 6.59. The fraction of sp³-hybridized carbons (Fsp3) is 0.625. The molecule has 0 fully saturated rings. The molecule has 1 N–H and O–H groups in total. The highest BCUT2D eigenvalue weighted by Gasteiger charge is 2.38. The minimum atomic E-state index is 0.134. The molecule has 0 aromatic heterocycles. The zero-order valence-corrected chi connectivity index (χ0v) is 12.2. The highest BCUT2D eigenvalue weighted by molar-refractivity contribution is 5.26. The fourth-order valence-electron chi connectivity index (χ4n) is 2.88. The Hall–Kier alpha value is -0.820. The van der Waals surface area contributed by atoms with E-state index < -0.39 is 0 Å². The summed E-state index contributed by atoms with van der Waals surface area (Å²) in [6.45, 7) is 14.8. The summed E-state index contributed by atoms with van der Waals surface area (Å²) < 4.78 is 0. The molecular formula is C16H27N. The molecule has 0 saturated carbocycles. The largest absolute Gasteiger partial charge is 0.313 e. The van der Waals surface area contributed by atoms with Crippen molar-refractivity contribution < 1.29 is 0 Å². The lowest BCUT2D eigenvalue weighted by Crippen LogP contribution is -2.52. The zero-order chi connectivity index (χ0) is 13.1. The molecular weight excluding hydrogens is 206 g/mol. The van der Waals surface area contributed by atoms with Gasteiger partial charge >= 0.3 is 0 Å². The van der Waals surface area contributed by atoms with Gasteiger partial charge in [0.25, 0.3) is 0 Å². The number of rotatable bonds is 4. The minimum absolute atomic E-state index is 0.134. The summed E-state index contributed by atoms with van der Waals surface area (Å²) in [5, 5.41) is 3.66. The molecule has 0 amide bonds. The van der Waals surface area contributed by atoms with Gasteiger partial charge in [-0.1, -0.05) is 71.9 Å². The van der Waals surface area contributed by atoms with Crippen LogP contribution < -0.4 is 5.32 Å². The van der Waals surface area contributed by atoms with E-state index in [0.29, 0.717) is 6.04 Å². The van der Waals surface area contributed by atoms with Gasteiger partial charge < -0.3 is 5.32 Å². The third kappa shape index (κ3) is 3.32. The lowest BCUT2D eigenvalue weighted by molar-refractivity contribution is 0.185. The van der Waals surface area contributed by atoms with Crippen LogP contribution in [0.2, 0.25) is 0 Å². The van der Waals surface area contributed by atoms with Crippen molar-refractivity contribution in [2.24, 2.45) is 5.41 Å². The molecule has 1 aromatic rings. The Morgan fingerprint density at radius 1 is 1.00 bits per heavy atom. The summed E-state index contributed by atoms with van der Waals surface area (Å²) in [5.41, 5.74) is 1.78. The molecule has 1 unspecified atom stereocenters. The van der Waals surface area contributed by atoms with E-state index in [1.165, 1.54) is 5.56 Å². The summed E-state index contributed by atoms with van der Waals surface area (Å²) in [7, 11) is 0. The van der Waals surface area contributed by atoms with Crippen LogP contribution in [0.4, 0.5) is 0 Å². The topological polar surface area (TPSA) is 12.0 Å². The Kier molecular flexibility index (Phi) is 4.37. The third-order valence-corrected chi connectivity index (χ3v) is 3.51. The van der Waals surface area contributed by atoms with Gasteiger partial charge in [-0.25, -0.2) is 0 Å². The van der Waals surface area contributed by atoms with Crippen molar-refractivity contribution in [3.8, 4) is 0 Å². The smallest absolute Gasteiger partial charge is 0.0207 e. The molecule has 1 aromatic carbocycles. The second-order valence-corrected chi connectivity index (χ2v) is 6.44. The van der Waals surface area contributed by atoms with E-state index in [9.17, 15) is 0 Å². The Morgan fingerprint density at radius 2 is 1.53 bits per heavy atom. The van der Waals surface area contributed by atoms with Gasteiger partial charge in [-0.3, -0.25) is 0 Å². The highest BCUT2D eigenvalue weighted by Crippen LogP contribution is 2.36. The quantitative estimate of drug-likeness (QED) is 0.829. The first-order chi connectivity index (χ1) is 7.80. The highest BCUT2D eigenvalue weighted by atomic mass is 14.9. The van der Waals surface area contributed by atoms with E-state index in [4.69, 9.17) is 0 Å². The lowest BCUT2D eigenvalue weighted by Gasteiger charge is -2.44. The van der Waals surface area contributed by atoms with Crippen LogP contribution in [0.15, 0.2) is 30.3 Å². The fourth-order valence-corrected chi connectivity index (χ4v) is 2.88. The molecule has 1 heteroatoms. The van der Waals surface area contributed by atoms with Crippen LogP contribution in [0.3, 0.4) is 0 Å². The molecule has 0 spiro atoms. The Balaban J connectivity index is 3.09. The maximum atomic E-state index is 3.66. The van der Waals surface area contributed by atoms with E-state index in [-0.39, 0.29) is 10.8 Å². The van der Waals surface area contributed by atoms with E-state index in [0.717, 1.165) is 6.54 Å². The molecule has 0 aliphatic rings. The Labute approximate surface area is 107 Å². The molecule has 1 nitrogen and oxygen atoms in total. The zero-order valence-electron chi connectivity index (χ0n) is 12.2. The van der Waals surface area contributed by atoms with Crippen molar-refractivity contribution in [3.05, 3.63) is 35.9 Å². The van der Waals surface area contributed by atoms with Crippen LogP contribution in [-0.4, -0.2) is 12.6 Å². The van der Waals surface area contributed by atoms with Crippen molar-refractivity contribution in [1.29, 1.82) is 0 Å². The van der Waals surface area contributed by atoms with Crippen molar-refractivity contribution >= 4 is 0 Å². The average molecular weight is 233 g/mol. The van der Waals surface area contributed by atoms with Gasteiger partial charge in [0.15, 0.2) is 0 Å². The van der Waals surface area contributed by atoms with Crippen molar-refractivity contribution in [2.45, 2.75) is 53.0 Å². The molecule has 17 heavy (non-hydrogen) atoms. The van der Waals surface area contributed by atoms with E-state index in [2.05, 4.69) is 77.2 Å². The lowest BCUT2D eigenvalue weighted by atomic mass is 9.67. The molecule has 0 aliphatic carbocycles. The predicted molar refractivity (Wildman–Crippen MR) is 76.4 cm³/mol. The van der Waals surface area contributed by atoms with Crippen LogP contribution >= 0.6 is 0 Å². The second kappa shape index (κ2) is 5.22. The number of hydrogen-bond acceptors (Lipinski definition) is 1. The molecule has 0 radical (unpaired) electrons. The molecule has 1 rings (SSSR count). The van der Waals surface area contributed by atoms with Crippen LogP contribution in [0.1, 0.15) is 47.1 Å². The molecule has 1 atom stereocenters. The maximum absolute atomic E-state index is 3.66. The summed E-state index contributed by atoms with van der Waals surface area (Å²) in [4.78, 5) is 0. The predicted octanol–water partition coefficient (Wildman–Crippen LogP) is 3.99. The maximum Gasteiger partial charge on any atom is 0.0207 e. The van der Waals surface area contributed by atoms with Crippen LogP contribution in [0.25, 0.3) is 0 Å². The van der Waals surface area contributed by atoms with Gasteiger partial charge in [0.05, 0.1) is 0 Å². The monoisotopic (exact) mass is 233 g/mol.